The van der Waals surface area contributed by atoms with Gasteiger partial charge in [0.15, 0.2) is 0 Å². The van der Waals surface area contributed by atoms with Gasteiger partial charge in [-0.25, -0.2) is 9.97 Å². The fourth-order valence-electron chi connectivity index (χ4n) is 1.74. The maximum atomic E-state index is 4.48. The van der Waals surface area contributed by atoms with E-state index < -0.39 is 0 Å². The van der Waals surface area contributed by atoms with Gasteiger partial charge in [-0.1, -0.05) is 6.92 Å². The topological polar surface area (TPSA) is 47.7 Å². The highest BCUT2D eigenvalue weighted by atomic mass is 15.2. The van der Waals surface area contributed by atoms with Crippen LogP contribution < -0.4 is 5.32 Å². The number of anilines is 1. The van der Waals surface area contributed by atoms with E-state index in [1.54, 1.807) is 6.20 Å². The molecule has 0 saturated heterocycles. The van der Waals surface area contributed by atoms with Gasteiger partial charge < -0.3 is 14.5 Å². The number of aromatic nitrogens is 4. The van der Waals surface area contributed by atoms with Crippen molar-refractivity contribution in [1.82, 2.24) is 19.1 Å². The van der Waals surface area contributed by atoms with Crippen molar-refractivity contribution in [3.8, 4) is 0 Å². The van der Waals surface area contributed by atoms with E-state index >= 15 is 0 Å². The second-order valence-electron chi connectivity index (χ2n) is 4.13. The smallest absolute Gasteiger partial charge is 0.203 e. The molecular formula is C12H19N5. The first-order valence-electron chi connectivity index (χ1n) is 6.03. The number of rotatable bonds is 6. The molecular weight excluding hydrogens is 214 g/mol. The van der Waals surface area contributed by atoms with Gasteiger partial charge in [0.05, 0.1) is 12.0 Å². The van der Waals surface area contributed by atoms with Crippen LogP contribution in [-0.2, 0) is 13.1 Å². The molecule has 0 radical (unpaired) electrons. The van der Waals surface area contributed by atoms with Gasteiger partial charge in [-0.05, 0) is 13.3 Å². The number of nitrogens with one attached hydrogen (secondary N) is 1. The summed E-state index contributed by atoms with van der Waals surface area (Å²) in [6.45, 7) is 6.95. The lowest BCUT2D eigenvalue weighted by Gasteiger charge is -2.09. The third-order valence-electron chi connectivity index (χ3n) is 2.59. The molecule has 0 bridgehead atoms. The Bertz CT molecular complexity index is 443. The van der Waals surface area contributed by atoms with E-state index in [9.17, 15) is 0 Å². The maximum absolute atomic E-state index is 4.48. The Balaban J connectivity index is 1.99. The summed E-state index contributed by atoms with van der Waals surface area (Å²) in [6, 6.07) is 0. The first-order chi connectivity index (χ1) is 8.29. The van der Waals surface area contributed by atoms with E-state index in [0.29, 0.717) is 0 Å². The van der Waals surface area contributed by atoms with Crippen LogP contribution in [0.1, 0.15) is 19.0 Å². The second-order valence-corrected chi connectivity index (χ2v) is 4.13. The summed E-state index contributed by atoms with van der Waals surface area (Å²) in [5, 5.41) is 3.34. The molecule has 0 unspecified atom stereocenters. The third-order valence-corrected chi connectivity index (χ3v) is 2.59. The fraction of sp³-hybridized carbons (Fsp3) is 0.500. The lowest BCUT2D eigenvalue weighted by Crippen LogP contribution is -2.11. The van der Waals surface area contributed by atoms with Crippen molar-refractivity contribution in [3.05, 3.63) is 30.6 Å². The molecule has 0 saturated carbocycles. The zero-order valence-corrected chi connectivity index (χ0v) is 10.4. The SMILES string of the molecule is CCCNc1nc(C)cn1CCn1ccnc1. The molecule has 2 aromatic rings. The first-order valence-corrected chi connectivity index (χ1v) is 6.03. The molecule has 2 heterocycles. The zero-order valence-electron chi connectivity index (χ0n) is 10.4. The van der Waals surface area contributed by atoms with Gasteiger partial charge in [0.25, 0.3) is 0 Å². The van der Waals surface area contributed by atoms with Crippen LogP contribution in [0.3, 0.4) is 0 Å². The molecule has 5 heteroatoms. The number of nitrogens with zero attached hydrogens (tertiary/aromatic N) is 4. The van der Waals surface area contributed by atoms with Crippen LogP contribution in [0.5, 0.6) is 0 Å². The van der Waals surface area contributed by atoms with Crippen molar-refractivity contribution in [2.75, 3.05) is 11.9 Å². The molecule has 0 amide bonds. The molecule has 0 aliphatic carbocycles. The van der Waals surface area contributed by atoms with Crippen molar-refractivity contribution in [1.29, 1.82) is 0 Å². The van der Waals surface area contributed by atoms with Crippen LogP contribution in [-0.4, -0.2) is 25.6 Å². The minimum absolute atomic E-state index is 0.906. The molecule has 1 N–H and O–H groups in total. The van der Waals surface area contributed by atoms with Gasteiger partial charge in [0.1, 0.15) is 0 Å². The summed E-state index contributed by atoms with van der Waals surface area (Å²) in [6.07, 6.45) is 8.80. The number of aryl methyl sites for hydroxylation is 3. The van der Waals surface area contributed by atoms with E-state index in [4.69, 9.17) is 0 Å². The Morgan fingerprint density at radius 2 is 2.24 bits per heavy atom. The Hall–Kier alpha value is -1.78. The number of hydrogen-bond acceptors (Lipinski definition) is 3. The van der Waals surface area contributed by atoms with E-state index in [0.717, 1.165) is 37.7 Å². The summed E-state index contributed by atoms with van der Waals surface area (Å²) in [5.74, 6) is 0.962. The van der Waals surface area contributed by atoms with Crippen LogP contribution >= 0.6 is 0 Å². The molecule has 0 atom stereocenters. The Kier molecular flexibility index (Phi) is 3.80. The van der Waals surface area contributed by atoms with Gasteiger partial charge in [-0.15, -0.1) is 0 Å². The largest absolute Gasteiger partial charge is 0.356 e. The highest BCUT2D eigenvalue weighted by Crippen LogP contribution is 2.08. The maximum Gasteiger partial charge on any atom is 0.203 e. The van der Waals surface area contributed by atoms with Crippen molar-refractivity contribution >= 4 is 5.95 Å². The minimum atomic E-state index is 0.906. The average Bonchev–Trinajstić information content (AvgIpc) is 2.93. The van der Waals surface area contributed by atoms with Crippen molar-refractivity contribution < 1.29 is 0 Å². The molecule has 0 spiro atoms. The second kappa shape index (κ2) is 5.52. The monoisotopic (exact) mass is 233 g/mol. The molecule has 2 aromatic heterocycles. The molecule has 17 heavy (non-hydrogen) atoms. The molecule has 2 rings (SSSR count). The van der Waals surface area contributed by atoms with Gasteiger partial charge in [0.2, 0.25) is 5.95 Å². The van der Waals surface area contributed by atoms with Crippen molar-refractivity contribution in [2.45, 2.75) is 33.4 Å². The summed E-state index contributed by atoms with van der Waals surface area (Å²) in [4.78, 5) is 8.51. The van der Waals surface area contributed by atoms with Crippen LogP contribution in [0.4, 0.5) is 5.95 Å². The van der Waals surface area contributed by atoms with Crippen molar-refractivity contribution in [3.63, 3.8) is 0 Å². The summed E-state index contributed by atoms with van der Waals surface area (Å²) >= 11 is 0. The van der Waals surface area contributed by atoms with E-state index in [2.05, 4.69) is 37.5 Å². The Morgan fingerprint density at radius 3 is 2.94 bits per heavy atom. The predicted molar refractivity (Wildman–Crippen MR) is 68.0 cm³/mol. The predicted octanol–water partition coefficient (Wildman–Crippen LogP) is 1.91. The molecule has 0 aromatic carbocycles. The summed E-state index contributed by atoms with van der Waals surface area (Å²) in [5.41, 5.74) is 1.05. The zero-order chi connectivity index (χ0) is 12.1. The van der Waals surface area contributed by atoms with Gasteiger partial charge in [-0.3, -0.25) is 0 Å². The van der Waals surface area contributed by atoms with Crippen LogP contribution in [0.15, 0.2) is 24.9 Å². The molecule has 0 fully saturated rings. The molecule has 0 aliphatic heterocycles. The summed E-state index contributed by atoms with van der Waals surface area (Å²) < 4.78 is 4.23. The lowest BCUT2D eigenvalue weighted by molar-refractivity contribution is 0.581. The Labute approximate surface area is 102 Å². The van der Waals surface area contributed by atoms with E-state index in [-0.39, 0.29) is 0 Å². The van der Waals surface area contributed by atoms with Crippen LogP contribution in [0.2, 0.25) is 0 Å². The minimum Gasteiger partial charge on any atom is -0.356 e. The van der Waals surface area contributed by atoms with Gasteiger partial charge >= 0.3 is 0 Å². The normalized spacial score (nSPS) is 10.7. The first kappa shape index (κ1) is 11.7. The molecule has 0 aliphatic rings. The summed E-state index contributed by atoms with van der Waals surface area (Å²) in [7, 11) is 0. The molecule has 92 valence electrons. The highest BCUT2D eigenvalue weighted by Gasteiger charge is 2.04. The lowest BCUT2D eigenvalue weighted by atomic mass is 10.5. The quantitative estimate of drug-likeness (QED) is 0.829. The average molecular weight is 233 g/mol. The van der Waals surface area contributed by atoms with Crippen molar-refractivity contribution in [2.24, 2.45) is 0 Å². The highest BCUT2D eigenvalue weighted by molar-refractivity contribution is 5.28. The van der Waals surface area contributed by atoms with Gasteiger partial charge in [-0.2, -0.15) is 0 Å². The Morgan fingerprint density at radius 1 is 1.35 bits per heavy atom. The van der Waals surface area contributed by atoms with Crippen LogP contribution in [0, 0.1) is 6.92 Å². The number of hydrogen-bond donors (Lipinski definition) is 1. The number of imidazole rings is 2. The molecule has 5 nitrogen and oxygen atoms in total. The van der Waals surface area contributed by atoms with E-state index in [1.165, 1.54) is 0 Å². The van der Waals surface area contributed by atoms with E-state index in [1.807, 2.05) is 19.4 Å². The fourth-order valence-corrected chi connectivity index (χ4v) is 1.74. The third kappa shape index (κ3) is 3.09. The standard InChI is InChI=1S/C12H19N5/c1-3-4-14-12-15-11(2)9-17(12)8-7-16-6-5-13-10-16/h5-6,9-10H,3-4,7-8H2,1-2H3,(H,14,15). The van der Waals surface area contributed by atoms with Crippen LogP contribution in [0.25, 0.3) is 0 Å². The van der Waals surface area contributed by atoms with Gasteiger partial charge in [0, 0.05) is 38.2 Å².